The Labute approximate surface area is 142 Å². The molecule has 0 saturated heterocycles. The van der Waals surface area contributed by atoms with Crippen LogP contribution in [0.1, 0.15) is 5.69 Å². The molecule has 3 N–H and O–H groups in total. The number of aryl methyl sites for hydroxylation is 1. The number of aromatic hydroxyl groups is 1. The second kappa shape index (κ2) is 5.52. The third-order valence-corrected chi connectivity index (χ3v) is 5.25. The molecule has 0 unspecified atom stereocenters. The number of hydrogen-bond acceptors (Lipinski definition) is 6. The van der Waals surface area contributed by atoms with E-state index in [1.54, 1.807) is 0 Å². The van der Waals surface area contributed by atoms with Gasteiger partial charge in [-0.05, 0) is 25.1 Å². The zero-order chi connectivity index (χ0) is 18.6. The van der Waals surface area contributed by atoms with Gasteiger partial charge in [0.15, 0.2) is 0 Å². The third kappa shape index (κ3) is 3.09. The molecule has 0 spiro atoms. The molecule has 9 nitrogen and oxygen atoms in total. The summed E-state index contributed by atoms with van der Waals surface area (Å²) in [6.07, 6.45) is 0. The molecule has 131 valence electrons. The molecule has 0 aliphatic heterocycles. The molecule has 3 aromatic rings. The predicted octanol–water partition coefficient (Wildman–Crippen LogP) is 1.33. The molecule has 25 heavy (non-hydrogen) atoms. The van der Waals surface area contributed by atoms with Gasteiger partial charge in [0, 0.05) is 10.8 Å². The Morgan fingerprint density at radius 3 is 2.16 bits per heavy atom. The fraction of sp³-hybridized carbons (Fsp3) is 0.0714. The number of aromatic nitrogens is 2. The van der Waals surface area contributed by atoms with Crippen molar-refractivity contribution in [3.8, 4) is 11.6 Å². The van der Waals surface area contributed by atoms with Crippen LogP contribution >= 0.6 is 0 Å². The number of hydrogen-bond donors (Lipinski definition) is 3. The summed E-state index contributed by atoms with van der Waals surface area (Å²) in [7, 11) is -9.41. The van der Waals surface area contributed by atoms with Crippen LogP contribution in [0.25, 0.3) is 16.5 Å². The Morgan fingerprint density at radius 2 is 1.64 bits per heavy atom. The van der Waals surface area contributed by atoms with E-state index in [-0.39, 0.29) is 16.5 Å². The highest BCUT2D eigenvalue weighted by Crippen LogP contribution is 2.32. The summed E-state index contributed by atoms with van der Waals surface area (Å²) in [4.78, 5) is -1.15. The number of benzene rings is 2. The molecule has 0 fully saturated rings. The van der Waals surface area contributed by atoms with E-state index in [0.29, 0.717) is 5.69 Å². The summed E-state index contributed by atoms with van der Waals surface area (Å²) in [5.41, 5.74) is 0.257. The quantitative estimate of drug-likeness (QED) is 0.574. The first-order valence-electron chi connectivity index (χ1n) is 6.68. The highest BCUT2D eigenvalue weighted by molar-refractivity contribution is 7.86. The monoisotopic (exact) mass is 383 g/mol. The molecule has 0 aliphatic carbocycles. The van der Waals surface area contributed by atoms with Crippen molar-refractivity contribution >= 4 is 31.0 Å². The molecular formula is C14H11N2O7S2. The van der Waals surface area contributed by atoms with E-state index in [2.05, 4.69) is 11.2 Å². The van der Waals surface area contributed by atoms with Crippen molar-refractivity contribution in [2.75, 3.05) is 0 Å². The molecule has 11 heteroatoms. The SMILES string of the molecule is Cc1[c]c(O)n(-c2cc(S(=O)(=O)O)c3cccc(S(=O)(=O)O)c3c2)n1. The van der Waals surface area contributed by atoms with Gasteiger partial charge in [-0.25, -0.2) is 4.68 Å². The van der Waals surface area contributed by atoms with Gasteiger partial charge in [-0.2, -0.15) is 21.9 Å². The van der Waals surface area contributed by atoms with Crippen molar-refractivity contribution in [1.82, 2.24) is 9.78 Å². The molecule has 0 amide bonds. The Balaban J connectivity index is 2.52. The lowest BCUT2D eigenvalue weighted by atomic mass is 10.1. The van der Waals surface area contributed by atoms with E-state index in [0.717, 1.165) is 16.8 Å². The van der Waals surface area contributed by atoms with Gasteiger partial charge in [-0.15, -0.1) is 0 Å². The summed E-state index contributed by atoms with van der Waals surface area (Å²) >= 11 is 0. The van der Waals surface area contributed by atoms with Crippen molar-refractivity contribution < 1.29 is 31.0 Å². The highest BCUT2D eigenvalue weighted by atomic mass is 32.2. The molecule has 2 aromatic carbocycles. The number of rotatable bonds is 3. The second-order valence-electron chi connectivity index (χ2n) is 5.19. The van der Waals surface area contributed by atoms with Crippen LogP contribution in [0.2, 0.25) is 0 Å². The Hall–Kier alpha value is -2.47. The van der Waals surface area contributed by atoms with E-state index in [1.807, 2.05) is 0 Å². The minimum absolute atomic E-state index is 0.0434. The average molecular weight is 383 g/mol. The zero-order valence-electron chi connectivity index (χ0n) is 12.6. The maximum Gasteiger partial charge on any atom is 0.295 e. The first-order chi connectivity index (χ1) is 11.5. The maximum absolute atomic E-state index is 11.7. The molecule has 0 bridgehead atoms. The van der Waals surface area contributed by atoms with Crippen LogP contribution in [-0.4, -0.2) is 40.8 Å². The zero-order valence-corrected chi connectivity index (χ0v) is 14.2. The molecule has 1 radical (unpaired) electrons. The topological polar surface area (TPSA) is 147 Å². The van der Waals surface area contributed by atoms with Crippen molar-refractivity contribution in [1.29, 1.82) is 0 Å². The van der Waals surface area contributed by atoms with Gasteiger partial charge < -0.3 is 5.11 Å². The molecule has 0 saturated carbocycles. The number of fused-ring (bicyclic) bond motifs is 1. The van der Waals surface area contributed by atoms with Crippen LogP contribution in [0.5, 0.6) is 5.88 Å². The van der Waals surface area contributed by atoms with E-state index in [9.17, 15) is 31.0 Å². The van der Waals surface area contributed by atoms with Gasteiger partial charge in [0.1, 0.15) is 9.79 Å². The summed E-state index contributed by atoms with van der Waals surface area (Å²) in [6.45, 7) is 1.53. The van der Waals surface area contributed by atoms with E-state index >= 15 is 0 Å². The molecule has 1 aromatic heterocycles. The predicted molar refractivity (Wildman–Crippen MR) is 85.9 cm³/mol. The normalized spacial score (nSPS) is 12.6. The minimum atomic E-state index is -4.74. The standard InChI is InChI=1S/C14H11N2O7S2/c1-8-5-14(17)16(15-8)9-6-11-10(13(7-9)25(21,22)23)3-2-4-12(11)24(18,19)20/h2-4,6-7,17H,1H3,(H,18,19,20)(H,21,22,23). The van der Waals surface area contributed by atoms with E-state index in [4.69, 9.17) is 0 Å². The summed E-state index contributed by atoms with van der Waals surface area (Å²) < 4.78 is 66.4. The van der Waals surface area contributed by atoms with Crippen LogP contribution in [0.15, 0.2) is 40.1 Å². The second-order valence-corrected chi connectivity index (χ2v) is 7.97. The van der Waals surface area contributed by atoms with Crippen LogP contribution in [-0.2, 0) is 20.2 Å². The van der Waals surface area contributed by atoms with Gasteiger partial charge in [-0.3, -0.25) is 9.11 Å². The van der Waals surface area contributed by atoms with Gasteiger partial charge in [0.2, 0.25) is 5.88 Å². The fourth-order valence-corrected chi connectivity index (χ4v) is 3.91. The van der Waals surface area contributed by atoms with Crippen LogP contribution in [0, 0.1) is 13.0 Å². The number of nitrogens with zero attached hydrogens (tertiary/aromatic N) is 2. The Morgan fingerprint density at radius 1 is 1.00 bits per heavy atom. The van der Waals surface area contributed by atoms with E-state index < -0.39 is 35.9 Å². The van der Waals surface area contributed by atoms with Crippen LogP contribution in [0.3, 0.4) is 0 Å². The first-order valence-corrected chi connectivity index (χ1v) is 9.56. The van der Waals surface area contributed by atoms with Crippen molar-refractivity contribution in [3.05, 3.63) is 42.1 Å². The van der Waals surface area contributed by atoms with Crippen molar-refractivity contribution in [2.45, 2.75) is 16.7 Å². The van der Waals surface area contributed by atoms with Crippen molar-refractivity contribution in [3.63, 3.8) is 0 Å². The fourth-order valence-electron chi connectivity index (χ4n) is 2.49. The molecule has 1 heterocycles. The lowest BCUT2D eigenvalue weighted by molar-refractivity contribution is 0.432. The molecule has 3 rings (SSSR count). The minimum Gasteiger partial charge on any atom is -0.493 e. The third-order valence-electron chi connectivity index (χ3n) is 3.45. The molecule has 0 aliphatic rings. The van der Waals surface area contributed by atoms with Gasteiger partial charge in [0.05, 0.1) is 17.4 Å². The van der Waals surface area contributed by atoms with Crippen molar-refractivity contribution in [2.24, 2.45) is 0 Å². The van der Waals surface area contributed by atoms with Gasteiger partial charge in [-0.1, -0.05) is 12.1 Å². The largest absolute Gasteiger partial charge is 0.493 e. The molecule has 0 atom stereocenters. The van der Waals surface area contributed by atoms with Gasteiger partial charge in [0.25, 0.3) is 20.2 Å². The van der Waals surface area contributed by atoms with Crippen LogP contribution in [0.4, 0.5) is 0 Å². The average Bonchev–Trinajstić information content (AvgIpc) is 2.82. The lowest BCUT2D eigenvalue weighted by Gasteiger charge is -2.11. The van der Waals surface area contributed by atoms with Gasteiger partial charge >= 0.3 is 0 Å². The Bertz CT molecular complexity index is 1210. The smallest absolute Gasteiger partial charge is 0.295 e. The summed E-state index contributed by atoms with van der Waals surface area (Å²) in [5, 5.41) is 13.5. The summed E-state index contributed by atoms with van der Waals surface area (Å²) in [5.74, 6) is -0.442. The van der Waals surface area contributed by atoms with E-state index in [1.165, 1.54) is 25.1 Å². The molecular weight excluding hydrogens is 372 g/mol. The Kier molecular flexibility index (Phi) is 3.84. The first kappa shape index (κ1) is 17.4. The van der Waals surface area contributed by atoms with Crippen LogP contribution < -0.4 is 0 Å². The lowest BCUT2D eigenvalue weighted by Crippen LogP contribution is -2.06. The highest BCUT2D eigenvalue weighted by Gasteiger charge is 2.22. The maximum atomic E-state index is 11.7. The summed E-state index contributed by atoms with van der Waals surface area (Å²) in [6, 6.07) is 8.30.